The predicted molar refractivity (Wildman–Crippen MR) is 123 cm³/mol. The van der Waals surface area contributed by atoms with Gasteiger partial charge in [-0.1, -0.05) is 30.3 Å². The monoisotopic (exact) mass is 508 g/mol. The number of carbonyl (C=O) groups is 2. The molecule has 2 aliphatic rings. The van der Waals surface area contributed by atoms with E-state index in [2.05, 4.69) is 5.32 Å². The van der Waals surface area contributed by atoms with Gasteiger partial charge in [-0.25, -0.2) is 9.18 Å². The van der Waals surface area contributed by atoms with Crippen molar-refractivity contribution >= 4 is 12.0 Å². The van der Waals surface area contributed by atoms with Gasteiger partial charge >= 0.3 is 12.3 Å². The summed E-state index contributed by atoms with van der Waals surface area (Å²) in [6, 6.07) is 9.93. The Hall–Kier alpha value is -3.14. The molecule has 2 heterocycles. The Morgan fingerprint density at radius 3 is 2.28 bits per heavy atom. The van der Waals surface area contributed by atoms with E-state index in [1.807, 2.05) is 0 Å². The van der Waals surface area contributed by atoms with Crippen LogP contribution in [0.3, 0.4) is 0 Å². The lowest BCUT2D eigenvalue weighted by Gasteiger charge is -2.49. The number of alkyl carbamates (subject to hydrolysis) is 1. The third kappa shape index (κ3) is 4.31. The maximum atomic E-state index is 14.5. The van der Waals surface area contributed by atoms with Gasteiger partial charge in [0, 0.05) is 51.1 Å². The normalized spacial score (nSPS) is 21.5. The highest BCUT2D eigenvalue weighted by molar-refractivity contribution is 5.88. The molecule has 2 saturated heterocycles. The predicted octanol–water partition coefficient (Wildman–Crippen LogP) is 4.73. The van der Waals surface area contributed by atoms with Gasteiger partial charge in [0.1, 0.15) is 11.4 Å². The number of likely N-dealkylation sites (tertiary alicyclic amines) is 1. The summed E-state index contributed by atoms with van der Waals surface area (Å²) in [5.74, 6) is -1.99. The summed E-state index contributed by atoms with van der Waals surface area (Å²) in [7, 11) is 0.880. The molecule has 2 amide bonds. The number of rotatable bonds is 4. The SMILES string of the molecule is CO[C@@](C(=O)N1CCC2(CC1)OC(=O)NC[C@@H]2c1ccc(F)cc1)(c1ccc(C)c(C)c1)C(F)(F)F. The van der Waals surface area contributed by atoms with E-state index < -0.39 is 35.2 Å². The van der Waals surface area contributed by atoms with Gasteiger partial charge in [-0.2, -0.15) is 13.2 Å². The van der Waals surface area contributed by atoms with E-state index in [9.17, 15) is 27.2 Å². The molecule has 2 fully saturated rings. The van der Waals surface area contributed by atoms with Crippen LogP contribution >= 0.6 is 0 Å². The van der Waals surface area contributed by atoms with Crippen LogP contribution in [-0.4, -0.2) is 55.4 Å². The molecule has 10 heteroatoms. The van der Waals surface area contributed by atoms with Gasteiger partial charge in [0.15, 0.2) is 0 Å². The minimum atomic E-state index is -5.02. The number of benzene rings is 2. The highest BCUT2D eigenvalue weighted by atomic mass is 19.4. The molecule has 0 aromatic heterocycles. The Labute approximate surface area is 206 Å². The van der Waals surface area contributed by atoms with Gasteiger partial charge in [-0.3, -0.25) is 4.79 Å². The number of nitrogens with one attached hydrogen (secondary N) is 1. The van der Waals surface area contributed by atoms with Gasteiger partial charge in [0.2, 0.25) is 0 Å². The first-order chi connectivity index (χ1) is 16.9. The quantitative estimate of drug-likeness (QED) is 0.607. The molecule has 1 spiro atoms. The van der Waals surface area contributed by atoms with E-state index in [1.54, 1.807) is 26.0 Å². The fourth-order valence-electron chi connectivity index (χ4n) is 5.23. The first-order valence-electron chi connectivity index (χ1n) is 11.6. The van der Waals surface area contributed by atoms with Crippen molar-refractivity contribution in [2.24, 2.45) is 0 Å². The number of nitrogens with zero attached hydrogens (tertiary/aromatic N) is 1. The lowest BCUT2D eigenvalue weighted by atomic mass is 9.74. The minimum absolute atomic E-state index is 0.0736. The number of hydrogen-bond acceptors (Lipinski definition) is 4. The van der Waals surface area contributed by atoms with Crippen molar-refractivity contribution in [3.05, 3.63) is 70.5 Å². The Morgan fingerprint density at radius 1 is 1.08 bits per heavy atom. The second-order valence-electron chi connectivity index (χ2n) is 9.41. The molecule has 4 rings (SSSR count). The number of halogens is 4. The number of ether oxygens (including phenoxy) is 2. The Kier molecular flexibility index (Phi) is 6.76. The van der Waals surface area contributed by atoms with Crippen molar-refractivity contribution in [2.75, 3.05) is 26.7 Å². The molecule has 2 aromatic rings. The molecule has 36 heavy (non-hydrogen) atoms. The number of amides is 2. The number of alkyl halides is 3. The highest BCUT2D eigenvalue weighted by Crippen LogP contribution is 2.46. The molecule has 0 saturated carbocycles. The molecule has 194 valence electrons. The van der Waals surface area contributed by atoms with Crippen LogP contribution in [0, 0.1) is 19.7 Å². The topological polar surface area (TPSA) is 67.9 Å². The van der Waals surface area contributed by atoms with Crippen LogP contribution in [-0.2, 0) is 19.9 Å². The van der Waals surface area contributed by atoms with E-state index >= 15 is 0 Å². The summed E-state index contributed by atoms with van der Waals surface area (Å²) in [5.41, 5.74) is -2.37. The molecule has 0 radical (unpaired) electrons. The number of carbonyl (C=O) groups excluding carboxylic acids is 2. The third-order valence-electron chi connectivity index (χ3n) is 7.47. The van der Waals surface area contributed by atoms with Crippen molar-refractivity contribution in [1.82, 2.24) is 10.2 Å². The molecule has 1 N–H and O–H groups in total. The molecule has 2 aliphatic heterocycles. The van der Waals surface area contributed by atoms with Gasteiger partial charge in [-0.05, 0) is 42.7 Å². The van der Waals surface area contributed by atoms with Crippen LogP contribution in [0.2, 0.25) is 0 Å². The van der Waals surface area contributed by atoms with Crippen LogP contribution < -0.4 is 5.32 Å². The molecule has 0 aliphatic carbocycles. The second kappa shape index (κ2) is 9.38. The van der Waals surface area contributed by atoms with Crippen molar-refractivity contribution < 1.29 is 36.6 Å². The zero-order valence-corrected chi connectivity index (χ0v) is 20.2. The summed E-state index contributed by atoms with van der Waals surface area (Å²) < 4.78 is 67.8. The van der Waals surface area contributed by atoms with Crippen LogP contribution in [0.4, 0.5) is 22.4 Å². The highest BCUT2D eigenvalue weighted by Gasteiger charge is 2.64. The number of methoxy groups -OCH3 is 1. The van der Waals surface area contributed by atoms with Crippen molar-refractivity contribution in [1.29, 1.82) is 0 Å². The zero-order chi connectivity index (χ0) is 26.3. The molecule has 0 bridgehead atoms. The van der Waals surface area contributed by atoms with Crippen molar-refractivity contribution in [3.8, 4) is 0 Å². The van der Waals surface area contributed by atoms with Crippen LogP contribution in [0.15, 0.2) is 42.5 Å². The van der Waals surface area contributed by atoms with Gasteiger partial charge in [0.05, 0.1) is 0 Å². The lowest BCUT2D eigenvalue weighted by Crippen LogP contribution is -2.62. The Morgan fingerprint density at radius 2 is 1.72 bits per heavy atom. The summed E-state index contributed by atoms with van der Waals surface area (Å²) >= 11 is 0. The molecule has 2 atom stereocenters. The van der Waals surface area contributed by atoms with Gasteiger partial charge in [0.25, 0.3) is 11.5 Å². The fourth-order valence-corrected chi connectivity index (χ4v) is 5.23. The molecule has 0 unspecified atom stereocenters. The first kappa shape index (κ1) is 25.9. The summed E-state index contributed by atoms with van der Waals surface area (Å²) in [5, 5.41) is 2.63. The smallest absolute Gasteiger partial charge is 0.430 e. The average molecular weight is 509 g/mol. The summed E-state index contributed by atoms with van der Waals surface area (Å²) in [6.07, 6.45) is -5.41. The molecule has 2 aromatic carbocycles. The van der Waals surface area contributed by atoms with E-state index in [1.165, 1.54) is 30.3 Å². The number of aryl methyl sites for hydroxylation is 2. The Balaban J connectivity index is 1.64. The van der Waals surface area contributed by atoms with Gasteiger partial charge in [-0.15, -0.1) is 0 Å². The lowest BCUT2D eigenvalue weighted by molar-refractivity contribution is -0.271. The summed E-state index contributed by atoms with van der Waals surface area (Å²) in [4.78, 5) is 26.8. The Bertz CT molecular complexity index is 1140. The number of piperidine rings is 1. The standard InChI is InChI=1S/C26H28F4N2O4/c1-16-4-7-19(14-17(16)2)25(35-3,26(28,29)30)22(33)32-12-10-24(11-13-32)21(15-31-23(34)36-24)18-5-8-20(27)9-6-18/h4-9,14,21H,10-13,15H2,1-3H3,(H,31,34)/t21-,25-/m1/s1. The van der Waals surface area contributed by atoms with Gasteiger partial charge < -0.3 is 19.7 Å². The fraction of sp³-hybridized carbons (Fsp3) is 0.462. The van der Waals surface area contributed by atoms with Crippen molar-refractivity contribution in [2.45, 2.75) is 50.0 Å². The second-order valence-corrected chi connectivity index (χ2v) is 9.41. The maximum Gasteiger partial charge on any atom is 0.430 e. The average Bonchev–Trinajstić information content (AvgIpc) is 2.82. The van der Waals surface area contributed by atoms with E-state index in [4.69, 9.17) is 9.47 Å². The maximum absolute atomic E-state index is 14.5. The largest absolute Gasteiger partial charge is 0.442 e. The van der Waals surface area contributed by atoms with E-state index in [0.717, 1.165) is 23.1 Å². The van der Waals surface area contributed by atoms with Crippen LogP contribution in [0.1, 0.15) is 41.0 Å². The molecular weight excluding hydrogens is 480 g/mol. The van der Waals surface area contributed by atoms with Crippen molar-refractivity contribution in [3.63, 3.8) is 0 Å². The van der Waals surface area contributed by atoms with Crippen LogP contribution in [0.25, 0.3) is 0 Å². The summed E-state index contributed by atoms with van der Waals surface area (Å²) in [6.45, 7) is 3.52. The minimum Gasteiger partial charge on any atom is -0.442 e. The van der Waals surface area contributed by atoms with E-state index in [-0.39, 0.29) is 44.0 Å². The zero-order valence-electron chi connectivity index (χ0n) is 20.2. The molecular formula is C26H28F4N2O4. The molecule has 6 nitrogen and oxygen atoms in total. The van der Waals surface area contributed by atoms with Crippen LogP contribution in [0.5, 0.6) is 0 Å². The third-order valence-corrected chi connectivity index (χ3v) is 7.47. The van der Waals surface area contributed by atoms with E-state index in [0.29, 0.717) is 5.56 Å². The first-order valence-corrected chi connectivity index (χ1v) is 11.6. The number of hydrogen-bond donors (Lipinski definition) is 1.